The largest absolute Gasteiger partial charge is 0.207 e. The Labute approximate surface area is 139 Å². The quantitative estimate of drug-likeness (QED) is 0.442. The van der Waals surface area contributed by atoms with Crippen molar-refractivity contribution in [2.24, 2.45) is 0 Å². The Morgan fingerprint density at radius 3 is 2.00 bits per heavy atom. The van der Waals surface area contributed by atoms with Crippen LogP contribution in [0.2, 0.25) is 0 Å². The smallest absolute Gasteiger partial charge is 0.133 e. The summed E-state index contributed by atoms with van der Waals surface area (Å²) in [4.78, 5) is -0.727. The van der Waals surface area contributed by atoms with Crippen molar-refractivity contribution < 1.29 is 13.2 Å². The summed E-state index contributed by atoms with van der Waals surface area (Å²) in [7, 11) is 0. The maximum Gasteiger partial charge on any atom is 0.133 e. The molecule has 0 fully saturated rings. The first-order valence-corrected chi connectivity index (χ1v) is 8.05. The topological polar surface area (TPSA) is 0 Å². The molecule has 6 heteroatoms. The average molecular weight is 473 g/mol. The normalized spacial score (nSPS) is 12.6. The van der Waals surface area contributed by atoms with Crippen molar-refractivity contribution in [2.75, 3.05) is 0 Å². The van der Waals surface area contributed by atoms with Crippen molar-refractivity contribution in [3.63, 3.8) is 0 Å². The summed E-state index contributed by atoms with van der Waals surface area (Å²) in [6.45, 7) is 1.90. The highest BCUT2D eigenvalue weighted by Gasteiger charge is 2.23. The van der Waals surface area contributed by atoms with Crippen molar-refractivity contribution in [3.8, 4) is 0 Å². The first-order chi connectivity index (χ1) is 9.31. The lowest BCUT2D eigenvalue weighted by Gasteiger charge is -2.16. The molecule has 0 saturated carbocycles. The summed E-state index contributed by atoms with van der Waals surface area (Å²) in [5.41, 5.74) is 1.41. The second-order valence-electron chi connectivity index (χ2n) is 4.27. The zero-order valence-electron chi connectivity index (χ0n) is 10.2. The van der Waals surface area contributed by atoms with Gasteiger partial charge in [0, 0.05) is 26.6 Å². The zero-order valence-corrected chi connectivity index (χ0v) is 14.9. The van der Waals surface area contributed by atoms with Crippen LogP contribution < -0.4 is 0 Å². The van der Waals surface area contributed by atoms with Crippen molar-refractivity contribution in [1.29, 1.82) is 0 Å². The van der Waals surface area contributed by atoms with E-state index in [1.54, 1.807) is 6.07 Å². The lowest BCUT2D eigenvalue weighted by molar-refractivity contribution is 0.527. The summed E-state index contributed by atoms with van der Waals surface area (Å²) in [6.07, 6.45) is 0. The minimum absolute atomic E-state index is 0.220. The third-order valence-corrected chi connectivity index (χ3v) is 5.34. The zero-order chi connectivity index (χ0) is 15.0. The predicted octanol–water partition coefficient (Wildman–Crippen LogP) is 6.42. The van der Waals surface area contributed by atoms with Crippen molar-refractivity contribution in [3.05, 3.63) is 67.4 Å². The van der Waals surface area contributed by atoms with Gasteiger partial charge in [0.15, 0.2) is 0 Å². The maximum absolute atomic E-state index is 13.8. The second-order valence-corrected chi connectivity index (χ2v) is 6.89. The molecule has 2 aromatic rings. The SMILES string of the molecule is Cc1cc(Br)c(C(Br)c2c(F)cc(F)cc2F)cc1Br. The van der Waals surface area contributed by atoms with Crippen molar-refractivity contribution in [1.82, 2.24) is 0 Å². The molecule has 20 heavy (non-hydrogen) atoms. The standard InChI is InChI=1S/C14H8Br3F3/c1-6-2-10(16)8(5-9(6)15)14(17)13-11(19)3-7(18)4-12(13)20/h2-5,14H,1H3. The van der Waals surface area contributed by atoms with Crippen LogP contribution in [-0.4, -0.2) is 0 Å². The maximum atomic E-state index is 13.8. The first-order valence-electron chi connectivity index (χ1n) is 5.55. The van der Waals surface area contributed by atoms with E-state index in [2.05, 4.69) is 47.8 Å². The van der Waals surface area contributed by atoms with Crippen LogP contribution in [0.5, 0.6) is 0 Å². The van der Waals surface area contributed by atoms with Crippen LogP contribution in [-0.2, 0) is 0 Å². The number of hydrogen-bond acceptors (Lipinski definition) is 0. The Bertz CT molecular complexity index is 648. The van der Waals surface area contributed by atoms with Gasteiger partial charge >= 0.3 is 0 Å². The van der Waals surface area contributed by atoms with Gasteiger partial charge in [-0.05, 0) is 30.2 Å². The third-order valence-electron chi connectivity index (χ3n) is 2.85. The molecule has 0 amide bonds. The molecule has 2 aromatic carbocycles. The van der Waals surface area contributed by atoms with E-state index in [0.717, 1.165) is 10.0 Å². The van der Waals surface area contributed by atoms with E-state index in [-0.39, 0.29) is 5.56 Å². The number of benzene rings is 2. The fraction of sp³-hybridized carbons (Fsp3) is 0.143. The highest BCUT2D eigenvalue weighted by atomic mass is 79.9. The first kappa shape index (κ1) is 16.0. The predicted molar refractivity (Wildman–Crippen MR) is 83.7 cm³/mol. The van der Waals surface area contributed by atoms with Crippen LogP contribution in [0.4, 0.5) is 13.2 Å². The van der Waals surface area contributed by atoms with E-state index in [4.69, 9.17) is 0 Å². The monoisotopic (exact) mass is 470 g/mol. The van der Waals surface area contributed by atoms with Gasteiger partial charge in [0.1, 0.15) is 17.5 Å². The molecule has 0 aromatic heterocycles. The van der Waals surface area contributed by atoms with Crippen LogP contribution in [0.3, 0.4) is 0 Å². The Morgan fingerprint density at radius 2 is 1.45 bits per heavy atom. The van der Waals surface area contributed by atoms with Gasteiger partial charge in [0.2, 0.25) is 0 Å². The molecular formula is C14H8Br3F3. The van der Waals surface area contributed by atoms with Crippen LogP contribution in [0.15, 0.2) is 33.2 Å². The summed E-state index contributed by atoms with van der Waals surface area (Å²) in [6, 6.07) is 4.95. The summed E-state index contributed by atoms with van der Waals surface area (Å²) >= 11 is 10.0. The second kappa shape index (κ2) is 6.20. The number of halogens is 6. The van der Waals surface area contributed by atoms with Gasteiger partial charge < -0.3 is 0 Å². The van der Waals surface area contributed by atoms with Crippen LogP contribution in [0.1, 0.15) is 21.5 Å². The molecule has 0 spiro atoms. The van der Waals surface area contributed by atoms with Gasteiger partial charge in [-0.1, -0.05) is 47.8 Å². The molecule has 106 valence electrons. The van der Waals surface area contributed by atoms with Crippen LogP contribution >= 0.6 is 47.8 Å². The summed E-state index contributed by atoms with van der Waals surface area (Å²) < 4.78 is 42.1. The van der Waals surface area contributed by atoms with E-state index in [1.165, 1.54) is 0 Å². The van der Waals surface area contributed by atoms with E-state index in [1.807, 2.05) is 13.0 Å². The van der Waals surface area contributed by atoms with Crippen molar-refractivity contribution >= 4 is 47.8 Å². The van der Waals surface area contributed by atoms with E-state index in [0.29, 0.717) is 22.2 Å². The minimum Gasteiger partial charge on any atom is -0.207 e. The van der Waals surface area contributed by atoms with Crippen LogP contribution in [0, 0.1) is 24.4 Å². The molecule has 1 unspecified atom stereocenters. The summed E-state index contributed by atoms with van der Waals surface area (Å²) in [5, 5.41) is 0. The average Bonchev–Trinajstić information content (AvgIpc) is 2.32. The van der Waals surface area contributed by atoms with E-state index >= 15 is 0 Å². The van der Waals surface area contributed by atoms with Gasteiger partial charge in [0.05, 0.1) is 4.83 Å². The Morgan fingerprint density at radius 1 is 0.900 bits per heavy atom. The van der Waals surface area contributed by atoms with Gasteiger partial charge in [-0.3, -0.25) is 0 Å². The lowest BCUT2D eigenvalue weighted by atomic mass is 10.0. The third kappa shape index (κ3) is 3.12. The number of aryl methyl sites for hydroxylation is 1. The van der Waals surface area contributed by atoms with Crippen molar-refractivity contribution in [2.45, 2.75) is 11.8 Å². The van der Waals surface area contributed by atoms with Gasteiger partial charge in [0.25, 0.3) is 0 Å². The molecule has 0 N–H and O–H groups in total. The van der Waals surface area contributed by atoms with E-state index < -0.39 is 22.3 Å². The fourth-order valence-corrected chi connectivity index (χ4v) is 3.98. The molecule has 0 aliphatic rings. The number of hydrogen-bond donors (Lipinski definition) is 0. The summed E-state index contributed by atoms with van der Waals surface area (Å²) in [5.74, 6) is -2.78. The lowest BCUT2D eigenvalue weighted by Crippen LogP contribution is -2.03. The molecule has 0 radical (unpaired) electrons. The molecule has 0 nitrogen and oxygen atoms in total. The molecule has 2 rings (SSSR count). The molecule has 0 aliphatic carbocycles. The van der Waals surface area contributed by atoms with E-state index in [9.17, 15) is 13.2 Å². The van der Waals surface area contributed by atoms with Gasteiger partial charge in [-0.15, -0.1) is 0 Å². The highest BCUT2D eigenvalue weighted by molar-refractivity contribution is 9.11. The van der Waals surface area contributed by atoms with Crippen LogP contribution in [0.25, 0.3) is 0 Å². The molecule has 0 saturated heterocycles. The molecular weight excluding hydrogens is 465 g/mol. The Hall–Kier alpha value is -0.330. The minimum atomic E-state index is -0.937. The molecule has 0 bridgehead atoms. The number of alkyl halides is 1. The molecule has 0 aliphatic heterocycles. The van der Waals surface area contributed by atoms with Gasteiger partial charge in [-0.2, -0.15) is 0 Å². The molecule has 1 atom stereocenters. The number of rotatable bonds is 2. The highest BCUT2D eigenvalue weighted by Crippen LogP contribution is 2.40. The van der Waals surface area contributed by atoms with Gasteiger partial charge in [-0.25, -0.2) is 13.2 Å². The Kier molecular flexibility index (Phi) is 4.97. The molecule has 0 heterocycles. The Balaban J connectivity index is 2.57. The fourth-order valence-electron chi connectivity index (χ4n) is 1.81.